The fourth-order valence-corrected chi connectivity index (χ4v) is 10.4. The highest BCUT2D eigenvalue weighted by Gasteiger charge is 2.39. The van der Waals surface area contributed by atoms with E-state index in [1.807, 2.05) is 12.1 Å². The van der Waals surface area contributed by atoms with Gasteiger partial charge in [-0.25, -0.2) is 0 Å². The Bertz CT molecular complexity index is 3710. The number of aromatic nitrogens is 1. The zero-order valence-corrected chi connectivity index (χ0v) is 34.8. The quantitative estimate of drug-likeness (QED) is 0.162. The Morgan fingerprint density at radius 1 is 0.460 bits per heavy atom. The average molecular weight is 792 g/mol. The van der Waals surface area contributed by atoms with Crippen molar-refractivity contribution in [3.8, 4) is 27.9 Å². The van der Waals surface area contributed by atoms with Gasteiger partial charge >= 0.3 is 0 Å². The van der Waals surface area contributed by atoms with Gasteiger partial charge in [0, 0.05) is 43.7 Å². The SMILES string of the molecule is [B]c1c([B])c([B])c(-c2ccc(N(c3ccc4c(c3)c3ccccc3n4-c3ccccc3)c3cc4c(c5c3oc3ccccc35)-c3ccccc3C4(C)C)c3ccccc23)c([B])c1[B]. The molecule has 0 unspecified atom stereocenters. The van der Waals surface area contributed by atoms with Gasteiger partial charge in [-0.15, -0.1) is 16.4 Å². The summed E-state index contributed by atoms with van der Waals surface area (Å²) in [7, 11) is 32.7. The molecule has 0 N–H and O–H groups in total. The summed E-state index contributed by atoms with van der Waals surface area (Å²) in [6, 6.07) is 58.0. The van der Waals surface area contributed by atoms with Gasteiger partial charge in [-0.1, -0.05) is 134 Å². The van der Waals surface area contributed by atoms with Crippen LogP contribution in [0.3, 0.4) is 0 Å². The second-order valence-corrected chi connectivity index (χ2v) is 17.1. The van der Waals surface area contributed by atoms with Crippen LogP contribution in [0.2, 0.25) is 0 Å². The number of hydrogen-bond acceptors (Lipinski definition) is 2. The molecule has 1 aliphatic carbocycles. The van der Waals surface area contributed by atoms with E-state index in [-0.39, 0.29) is 21.8 Å². The summed E-state index contributed by atoms with van der Waals surface area (Å²) in [5, 5.41) is 6.32. The number of benzene rings is 9. The number of rotatable bonds is 5. The van der Waals surface area contributed by atoms with Crippen molar-refractivity contribution in [2.24, 2.45) is 0 Å². The molecule has 0 spiro atoms. The van der Waals surface area contributed by atoms with Crippen LogP contribution in [-0.2, 0) is 5.41 Å². The van der Waals surface area contributed by atoms with Crippen LogP contribution >= 0.6 is 0 Å². The lowest BCUT2D eigenvalue weighted by molar-refractivity contribution is 0.657. The number of furan rings is 1. The largest absolute Gasteiger partial charge is 0.454 e. The van der Waals surface area contributed by atoms with Crippen LogP contribution in [0.25, 0.3) is 82.5 Å². The molecular weight excluding hydrogens is 759 g/mol. The molecule has 0 amide bonds. The first-order valence-corrected chi connectivity index (χ1v) is 21.1. The van der Waals surface area contributed by atoms with Gasteiger partial charge in [0.15, 0.2) is 5.58 Å². The minimum Gasteiger partial charge on any atom is -0.454 e. The minimum atomic E-state index is -0.304. The monoisotopic (exact) mass is 792 g/mol. The van der Waals surface area contributed by atoms with Gasteiger partial charge in [0.25, 0.3) is 0 Å². The smallest absolute Gasteiger partial charge is 0.160 e. The normalized spacial score (nSPS) is 13.0. The maximum Gasteiger partial charge on any atom is 0.160 e. The van der Waals surface area contributed by atoms with E-state index >= 15 is 0 Å². The summed E-state index contributed by atoms with van der Waals surface area (Å²) in [4.78, 5) is 2.36. The topological polar surface area (TPSA) is 21.3 Å². The van der Waals surface area contributed by atoms with Crippen molar-refractivity contribution in [1.82, 2.24) is 4.57 Å². The summed E-state index contributed by atoms with van der Waals surface area (Å²) in [6.45, 7) is 4.65. The maximum absolute atomic E-state index is 7.09. The van der Waals surface area contributed by atoms with Crippen LogP contribution in [0.1, 0.15) is 25.0 Å². The maximum atomic E-state index is 7.09. The Morgan fingerprint density at radius 3 is 1.86 bits per heavy atom. The molecule has 63 heavy (non-hydrogen) atoms. The number of anilines is 3. The van der Waals surface area contributed by atoms with Crippen LogP contribution in [0, 0.1) is 0 Å². The van der Waals surface area contributed by atoms with Gasteiger partial charge in [-0.05, 0) is 93.4 Å². The van der Waals surface area contributed by atoms with Crippen LogP contribution in [-0.4, -0.2) is 43.8 Å². The molecule has 0 fully saturated rings. The predicted molar refractivity (Wildman–Crippen MR) is 270 cm³/mol. The molecule has 11 aromatic rings. The molecule has 0 aliphatic heterocycles. The van der Waals surface area contributed by atoms with E-state index in [9.17, 15) is 0 Å². The van der Waals surface area contributed by atoms with Gasteiger partial charge < -0.3 is 13.9 Å². The highest BCUT2D eigenvalue weighted by molar-refractivity contribution is 6.69. The van der Waals surface area contributed by atoms with Gasteiger partial charge in [0.1, 0.15) is 44.8 Å². The van der Waals surface area contributed by atoms with E-state index in [2.05, 4.69) is 175 Å². The lowest BCUT2D eigenvalue weighted by Crippen LogP contribution is -2.55. The van der Waals surface area contributed by atoms with Crippen LogP contribution in [0.4, 0.5) is 17.1 Å². The lowest BCUT2D eigenvalue weighted by atomic mass is 9.59. The molecule has 0 saturated heterocycles. The van der Waals surface area contributed by atoms with Gasteiger partial charge in [0.2, 0.25) is 0 Å². The highest BCUT2D eigenvalue weighted by Crippen LogP contribution is 2.57. The fourth-order valence-electron chi connectivity index (χ4n) is 10.4. The Kier molecular flexibility index (Phi) is 8.22. The van der Waals surface area contributed by atoms with Gasteiger partial charge in [0.05, 0.1) is 22.4 Å². The van der Waals surface area contributed by atoms with E-state index in [4.69, 9.17) is 43.6 Å². The number of nitrogens with zero attached hydrogens (tertiary/aromatic N) is 2. The number of hydrogen-bond donors (Lipinski definition) is 0. The summed E-state index contributed by atoms with van der Waals surface area (Å²) >= 11 is 0. The predicted octanol–water partition coefficient (Wildman–Crippen LogP) is 9.25. The van der Waals surface area contributed by atoms with Crippen molar-refractivity contribution >= 4 is 138 Å². The van der Waals surface area contributed by atoms with Crippen molar-refractivity contribution in [3.05, 3.63) is 175 Å². The van der Waals surface area contributed by atoms with Crippen molar-refractivity contribution < 1.29 is 4.42 Å². The van der Waals surface area contributed by atoms with Crippen molar-refractivity contribution in [3.63, 3.8) is 0 Å². The third-order valence-electron chi connectivity index (χ3n) is 13.5. The van der Waals surface area contributed by atoms with E-state index in [1.165, 1.54) is 22.3 Å². The molecule has 284 valence electrons. The molecular formula is C55H33B5N2O. The molecule has 10 radical (unpaired) electrons. The molecule has 0 atom stereocenters. The van der Waals surface area contributed by atoms with Gasteiger partial charge in [-0.3, -0.25) is 0 Å². The molecule has 2 aromatic heterocycles. The van der Waals surface area contributed by atoms with Crippen molar-refractivity contribution in [1.29, 1.82) is 0 Å². The van der Waals surface area contributed by atoms with Crippen LogP contribution in [0.15, 0.2) is 168 Å². The average Bonchev–Trinajstić information content (AvgIpc) is 3.94. The molecule has 1 aliphatic rings. The van der Waals surface area contributed by atoms with E-state index in [0.29, 0.717) is 16.5 Å². The zero-order valence-electron chi connectivity index (χ0n) is 34.8. The minimum absolute atomic E-state index is 0.182. The molecule has 9 aromatic carbocycles. The number of para-hydroxylation sites is 3. The van der Waals surface area contributed by atoms with Crippen molar-refractivity contribution in [2.75, 3.05) is 4.90 Å². The van der Waals surface area contributed by atoms with Crippen LogP contribution in [0.5, 0.6) is 0 Å². The van der Waals surface area contributed by atoms with Gasteiger partial charge in [-0.2, -0.15) is 0 Å². The molecule has 8 heteroatoms. The summed E-state index contributed by atoms with van der Waals surface area (Å²) < 4.78 is 9.43. The highest BCUT2D eigenvalue weighted by atomic mass is 16.3. The fraction of sp³-hybridized carbons (Fsp3) is 0.0545. The Labute approximate surface area is 372 Å². The van der Waals surface area contributed by atoms with E-state index in [1.54, 1.807) is 0 Å². The van der Waals surface area contributed by atoms with Crippen LogP contribution < -0.4 is 32.2 Å². The third kappa shape index (κ3) is 5.28. The summed E-state index contributed by atoms with van der Waals surface area (Å²) in [5.74, 6) is 0. The Hall–Kier alpha value is -7.04. The standard InChI is InChI=1S/C55H33B5N2O/c1-55(2)39-21-11-8-19-36(39)46-40(55)29-44(54-47(46)37-20-10-13-23-45(37)63-54)62(31-24-26-43-38(28-31)34-18-9-12-22-41(34)61(43)30-14-4-3-5-15-30)42-27-25-35(32-16-6-7-17-33(32)42)48-49(56)51(58)53(60)52(59)50(48)57/h3-29H,1-2H3. The second-order valence-electron chi connectivity index (χ2n) is 17.1. The molecule has 2 heterocycles. The Morgan fingerprint density at radius 2 is 1.08 bits per heavy atom. The zero-order chi connectivity index (χ0) is 42.9. The number of fused-ring (bicyclic) bond motifs is 11. The summed E-state index contributed by atoms with van der Waals surface area (Å²) in [5.41, 5.74) is 15.0. The summed E-state index contributed by atoms with van der Waals surface area (Å²) in [6.07, 6.45) is 0. The first-order valence-electron chi connectivity index (χ1n) is 21.1. The third-order valence-corrected chi connectivity index (χ3v) is 13.5. The first-order chi connectivity index (χ1) is 30.6. The molecule has 12 rings (SSSR count). The van der Waals surface area contributed by atoms with Crippen molar-refractivity contribution in [2.45, 2.75) is 19.3 Å². The van der Waals surface area contributed by atoms with E-state index in [0.717, 1.165) is 82.8 Å². The van der Waals surface area contributed by atoms with E-state index < -0.39 is 0 Å². The molecule has 3 nitrogen and oxygen atoms in total. The lowest BCUT2D eigenvalue weighted by Gasteiger charge is -2.30. The second kappa shape index (κ2) is 13.7. The first kappa shape index (κ1) is 37.7. The molecule has 0 bridgehead atoms. The molecule has 0 saturated carbocycles. The Balaban J connectivity index is 1.21.